The van der Waals surface area contributed by atoms with E-state index in [0.717, 1.165) is 25.3 Å². The molecule has 0 saturated carbocycles. The zero-order valence-electron chi connectivity index (χ0n) is 11.9. The lowest BCUT2D eigenvalue weighted by atomic mass is 9.97. The van der Waals surface area contributed by atoms with Gasteiger partial charge in [-0.3, -0.25) is 4.90 Å². The summed E-state index contributed by atoms with van der Waals surface area (Å²) >= 11 is 0. The van der Waals surface area contributed by atoms with E-state index < -0.39 is 0 Å². The summed E-state index contributed by atoms with van der Waals surface area (Å²) in [7, 11) is 0. The van der Waals surface area contributed by atoms with Gasteiger partial charge in [0, 0.05) is 25.2 Å². The smallest absolute Gasteiger partial charge is 0.123 e. The first-order valence-corrected chi connectivity index (χ1v) is 6.78. The Bertz CT molecular complexity index is 419. The molecule has 106 valence electrons. The number of nitrogens with two attached hydrogens (primary N) is 1. The van der Waals surface area contributed by atoms with E-state index in [2.05, 4.69) is 25.7 Å². The van der Waals surface area contributed by atoms with E-state index in [1.165, 1.54) is 12.1 Å². The van der Waals surface area contributed by atoms with Gasteiger partial charge in [-0.15, -0.1) is 0 Å². The van der Waals surface area contributed by atoms with Crippen molar-refractivity contribution in [2.45, 2.75) is 38.5 Å². The summed E-state index contributed by atoms with van der Waals surface area (Å²) in [6, 6.07) is 6.55. The molecular weight excluding hydrogens is 243 g/mol. The molecule has 0 aromatic heterocycles. The van der Waals surface area contributed by atoms with Gasteiger partial charge in [0.15, 0.2) is 0 Å². The summed E-state index contributed by atoms with van der Waals surface area (Å²) in [5.41, 5.74) is 7.14. The van der Waals surface area contributed by atoms with Gasteiger partial charge < -0.3 is 10.5 Å². The molecule has 2 rings (SSSR count). The van der Waals surface area contributed by atoms with Crippen molar-refractivity contribution in [3.8, 4) is 0 Å². The molecule has 0 radical (unpaired) electrons. The van der Waals surface area contributed by atoms with Gasteiger partial charge in [0.2, 0.25) is 0 Å². The molecule has 1 fully saturated rings. The molecule has 1 aliphatic heterocycles. The van der Waals surface area contributed by atoms with Crippen LogP contribution in [0.15, 0.2) is 24.3 Å². The molecule has 2 N–H and O–H groups in total. The van der Waals surface area contributed by atoms with Crippen molar-refractivity contribution in [2.24, 2.45) is 5.73 Å². The van der Waals surface area contributed by atoms with Crippen LogP contribution in [0, 0.1) is 5.82 Å². The Morgan fingerprint density at radius 1 is 1.32 bits per heavy atom. The standard InChI is InChI=1S/C15H23FN2O/c1-11(18-8-9-19-15(2,3)10-18)14(17)12-4-6-13(16)7-5-12/h4-7,11,14H,8-10,17H2,1-3H3. The molecule has 0 amide bonds. The quantitative estimate of drug-likeness (QED) is 0.912. The predicted octanol–water partition coefficient (Wildman–Crippen LogP) is 2.32. The zero-order chi connectivity index (χ0) is 14.0. The van der Waals surface area contributed by atoms with Crippen LogP contribution in [0.2, 0.25) is 0 Å². The minimum atomic E-state index is -0.226. The number of hydrogen-bond donors (Lipinski definition) is 1. The molecule has 19 heavy (non-hydrogen) atoms. The number of morpholine rings is 1. The van der Waals surface area contributed by atoms with Crippen LogP contribution in [0.4, 0.5) is 4.39 Å². The maximum absolute atomic E-state index is 12.9. The van der Waals surface area contributed by atoms with Crippen LogP contribution in [0.25, 0.3) is 0 Å². The van der Waals surface area contributed by atoms with Crippen LogP contribution >= 0.6 is 0 Å². The van der Waals surface area contributed by atoms with Crippen molar-refractivity contribution in [2.75, 3.05) is 19.7 Å². The van der Waals surface area contributed by atoms with E-state index in [1.807, 2.05) is 0 Å². The fourth-order valence-corrected chi connectivity index (χ4v) is 2.59. The molecule has 3 nitrogen and oxygen atoms in total. The Hall–Kier alpha value is -0.970. The third-order valence-corrected chi connectivity index (χ3v) is 3.81. The molecule has 2 unspecified atom stereocenters. The number of ether oxygens (including phenoxy) is 1. The lowest BCUT2D eigenvalue weighted by Crippen LogP contribution is -2.53. The molecular formula is C15H23FN2O. The first-order chi connectivity index (χ1) is 8.89. The Labute approximate surface area is 114 Å². The van der Waals surface area contributed by atoms with Crippen LogP contribution in [0.3, 0.4) is 0 Å². The van der Waals surface area contributed by atoms with E-state index in [-0.39, 0.29) is 23.5 Å². The Kier molecular flexibility index (Phi) is 4.23. The minimum absolute atomic E-state index is 0.116. The average molecular weight is 266 g/mol. The zero-order valence-corrected chi connectivity index (χ0v) is 11.9. The van der Waals surface area contributed by atoms with E-state index >= 15 is 0 Å². The Morgan fingerprint density at radius 2 is 1.95 bits per heavy atom. The normalized spacial score (nSPS) is 23.0. The summed E-state index contributed by atoms with van der Waals surface area (Å²) in [6.45, 7) is 8.79. The highest BCUT2D eigenvalue weighted by Crippen LogP contribution is 2.24. The number of halogens is 1. The monoisotopic (exact) mass is 266 g/mol. The lowest BCUT2D eigenvalue weighted by molar-refractivity contribution is -0.0975. The molecule has 1 heterocycles. The molecule has 0 spiro atoms. The van der Waals surface area contributed by atoms with Crippen molar-refractivity contribution < 1.29 is 9.13 Å². The highest BCUT2D eigenvalue weighted by molar-refractivity contribution is 5.21. The number of rotatable bonds is 3. The molecule has 1 aromatic rings. The fourth-order valence-electron chi connectivity index (χ4n) is 2.59. The summed E-state index contributed by atoms with van der Waals surface area (Å²) < 4.78 is 18.7. The third kappa shape index (κ3) is 3.53. The van der Waals surface area contributed by atoms with Crippen molar-refractivity contribution in [1.29, 1.82) is 0 Å². The highest BCUT2D eigenvalue weighted by atomic mass is 19.1. The van der Waals surface area contributed by atoms with Gasteiger partial charge in [-0.2, -0.15) is 0 Å². The van der Waals surface area contributed by atoms with Crippen LogP contribution in [0.5, 0.6) is 0 Å². The molecule has 4 heteroatoms. The first kappa shape index (κ1) is 14.4. The maximum atomic E-state index is 12.9. The fraction of sp³-hybridized carbons (Fsp3) is 0.600. The second-order valence-electron chi connectivity index (χ2n) is 5.90. The number of nitrogens with zero attached hydrogens (tertiary/aromatic N) is 1. The van der Waals surface area contributed by atoms with Crippen LogP contribution < -0.4 is 5.73 Å². The summed E-state index contributed by atoms with van der Waals surface area (Å²) in [4.78, 5) is 2.34. The predicted molar refractivity (Wildman–Crippen MR) is 74.4 cm³/mol. The van der Waals surface area contributed by atoms with Gasteiger partial charge in [-0.25, -0.2) is 4.39 Å². The van der Waals surface area contributed by atoms with Gasteiger partial charge >= 0.3 is 0 Å². The number of benzene rings is 1. The molecule has 1 aliphatic rings. The maximum Gasteiger partial charge on any atom is 0.123 e. The first-order valence-electron chi connectivity index (χ1n) is 6.78. The summed E-state index contributed by atoms with van der Waals surface area (Å²) in [5.74, 6) is -0.226. The van der Waals surface area contributed by atoms with E-state index in [0.29, 0.717) is 0 Å². The highest BCUT2D eigenvalue weighted by Gasteiger charge is 2.32. The van der Waals surface area contributed by atoms with Crippen LogP contribution in [0.1, 0.15) is 32.4 Å². The van der Waals surface area contributed by atoms with Gasteiger partial charge in [0.05, 0.1) is 12.2 Å². The van der Waals surface area contributed by atoms with E-state index in [9.17, 15) is 4.39 Å². The van der Waals surface area contributed by atoms with Crippen molar-refractivity contribution >= 4 is 0 Å². The van der Waals surface area contributed by atoms with Crippen molar-refractivity contribution in [3.05, 3.63) is 35.6 Å². The second kappa shape index (κ2) is 5.57. The Balaban J connectivity index is 2.06. The van der Waals surface area contributed by atoms with Crippen molar-refractivity contribution in [1.82, 2.24) is 4.90 Å². The molecule has 2 atom stereocenters. The lowest BCUT2D eigenvalue weighted by Gasteiger charge is -2.42. The van der Waals surface area contributed by atoms with Crippen LogP contribution in [-0.2, 0) is 4.74 Å². The van der Waals surface area contributed by atoms with Gasteiger partial charge in [-0.1, -0.05) is 12.1 Å². The third-order valence-electron chi connectivity index (χ3n) is 3.81. The second-order valence-corrected chi connectivity index (χ2v) is 5.90. The largest absolute Gasteiger partial charge is 0.373 e. The SMILES string of the molecule is CC(C(N)c1ccc(F)cc1)N1CCOC(C)(C)C1. The summed E-state index contributed by atoms with van der Waals surface area (Å²) in [6.07, 6.45) is 0. The average Bonchev–Trinajstić information content (AvgIpc) is 2.37. The molecule has 1 saturated heterocycles. The van der Waals surface area contributed by atoms with Crippen LogP contribution in [-0.4, -0.2) is 36.2 Å². The van der Waals surface area contributed by atoms with Gasteiger partial charge in [0.25, 0.3) is 0 Å². The van der Waals surface area contributed by atoms with E-state index in [4.69, 9.17) is 10.5 Å². The molecule has 1 aromatic carbocycles. The molecule has 0 aliphatic carbocycles. The number of hydrogen-bond acceptors (Lipinski definition) is 3. The van der Waals surface area contributed by atoms with Gasteiger partial charge in [0.1, 0.15) is 5.82 Å². The Morgan fingerprint density at radius 3 is 2.53 bits per heavy atom. The van der Waals surface area contributed by atoms with Gasteiger partial charge in [-0.05, 0) is 38.5 Å². The molecule has 0 bridgehead atoms. The van der Waals surface area contributed by atoms with Crippen molar-refractivity contribution in [3.63, 3.8) is 0 Å². The minimum Gasteiger partial charge on any atom is -0.373 e. The topological polar surface area (TPSA) is 38.5 Å². The summed E-state index contributed by atoms with van der Waals surface area (Å²) in [5, 5.41) is 0. The van der Waals surface area contributed by atoms with E-state index in [1.54, 1.807) is 12.1 Å².